The summed E-state index contributed by atoms with van der Waals surface area (Å²) in [6.07, 6.45) is 3.16. The highest BCUT2D eigenvalue weighted by molar-refractivity contribution is 6.04. The van der Waals surface area contributed by atoms with Crippen LogP contribution in [0.2, 0.25) is 0 Å². The van der Waals surface area contributed by atoms with Crippen LogP contribution in [0.5, 0.6) is 0 Å². The summed E-state index contributed by atoms with van der Waals surface area (Å²) in [6.45, 7) is 9.99. The smallest absolute Gasteiger partial charge is 0.255 e. The van der Waals surface area contributed by atoms with E-state index in [4.69, 9.17) is 0 Å². The number of nitrogens with zero attached hydrogens (tertiary/aromatic N) is 2. The Kier molecular flexibility index (Phi) is 9.86. The minimum Gasteiger partial charge on any atom is -0.340 e. The van der Waals surface area contributed by atoms with Crippen LogP contribution in [0.3, 0.4) is 0 Å². The molecule has 1 aromatic heterocycles. The minimum absolute atomic E-state index is 0.137. The van der Waals surface area contributed by atoms with Crippen molar-refractivity contribution in [3.05, 3.63) is 78.2 Å². The van der Waals surface area contributed by atoms with Crippen LogP contribution in [0.4, 0.5) is 17.2 Å². The Morgan fingerprint density at radius 2 is 1.63 bits per heavy atom. The van der Waals surface area contributed by atoms with Crippen LogP contribution < -0.4 is 10.6 Å². The van der Waals surface area contributed by atoms with Crippen molar-refractivity contribution in [3.8, 4) is 0 Å². The number of anilines is 3. The summed E-state index contributed by atoms with van der Waals surface area (Å²) in [4.78, 5) is 20.3. The third kappa shape index (κ3) is 6.90. The Hall–Kier alpha value is -3.21. The maximum absolute atomic E-state index is 12.2. The van der Waals surface area contributed by atoms with Crippen LogP contribution in [-0.4, -0.2) is 15.9 Å². The van der Waals surface area contributed by atoms with Crippen molar-refractivity contribution in [3.63, 3.8) is 0 Å². The average molecular weight is 364 g/mol. The van der Waals surface area contributed by atoms with Gasteiger partial charge in [0.15, 0.2) is 0 Å². The Bertz CT molecular complexity index is 805. The lowest BCUT2D eigenvalue weighted by molar-refractivity contribution is 0.102. The summed E-state index contributed by atoms with van der Waals surface area (Å²) >= 11 is 0. The highest BCUT2D eigenvalue weighted by Gasteiger charge is 2.07. The van der Waals surface area contributed by atoms with Gasteiger partial charge in [-0.15, -0.1) is 0 Å². The number of hydrogen-bond acceptors (Lipinski definition) is 4. The van der Waals surface area contributed by atoms with E-state index in [1.807, 2.05) is 71.0 Å². The fraction of sp³-hybridized carbons (Fsp3) is 0.227. The molecule has 0 aliphatic carbocycles. The highest BCUT2D eigenvalue weighted by Crippen LogP contribution is 2.23. The molecule has 0 saturated carbocycles. The van der Waals surface area contributed by atoms with Crippen molar-refractivity contribution in [2.75, 3.05) is 10.6 Å². The Morgan fingerprint density at radius 3 is 2.26 bits per heavy atom. The quantitative estimate of drug-likeness (QED) is 0.611. The van der Waals surface area contributed by atoms with Gasteiger partial charge in [-0.25, -0.2) is 9.97 Å². The van der Waals surface area contributed by atoms with E-state index >= 15 is 0 Å². The van der Waals surface area contributed by atoms with Crippen molar-refractivity contribution in [1.82, 2.24) is 9.97 Å². The molecule has 0 bridgehead atoms. The molecular weight excluding hydrogens is 336 g/mol. The van der Waals surface area contributed by atoms with E-state index < -0.39 is 0 Å². The van der Waals surface area contributed by atoms with Gasteiger partial charge in [0.2, 0.25) is 0 Å². The fourth-order valence-electron chi connectivity index (χ4n) is 2.13. The molecule has 0 aliphatic rings. The van der Waals surface area contributed by atoms with E-state index in [9.17, 15) is 4.79 Å². The molecule has 3 aromatic rings. The van der Waals surface area contributed by atoms with Gasteiger partial charge in [-0.3, -0.25) is 4.79 Å². The van der Waals surface area contributed by atoms with E-state index in [2.05, 4.69) is 20.6 Å². The minimum atomic E-state index is -0.137. The molecule has 0 spiro atoms. The van der Waals surface area contributed by atoms with E-state index in [-0.39, 0.29) is 5.91 Å². The molecule has 0 atom stereocenters. The standard InChI is InChI=1S/C18H16N4O.2C2H6/c1-13-7-8-15(21-18(23)14-5-3-2-4-6-14)11-16(13)22-17-9-10-19-12-20-17;2*1-2/h2-12H,1H3,(H,21,23)(H,19,20,22);2*1-2H3. The number of carbonyl (C=O) groups is 1. The molecular formula is C22H28N4O. The second-order valence-electron chi connectivity index (χ2n) is 5.07. The van der Waals surface area contributed by atoms with Gasteiger partial charge in [0, 0.05) is 23.1 Å². The zero-order chi connectivity index (χ0) is 20.1. The Labute approximate surface area is 161 Å². The van der Waals surface area contributed by atoms with Crippen molar-refractivity contribution >= 4 is 23.1 Å². The lowest BCUT2D eigenvalue weighted by Gasteiger charge is -2.12. The normalized spacial score (nSPS) is 9.07. The van der Waals surface area contributed by atoms with Crippen LogP contribution in [0, 0.1) is 6.92 Å². The molecule has 0 radical (unpaired) electrons. The predicted octanol–water partition coefficient (Wildman–Crippen LogP) is 5.83. The molecule has 2 aromatic carbocycles. The van der Waals surface area contributed by atoms with Crippen molar-refractivity contribution < 1.29 is 4.79 Å². The van der Waals surface area contributed by atoms with E-state index in [0.29, 0.717) is 11.4 Å². The van der Waals surface area contributed by atoms with Crippen LogP contribution in [0.1, 0.15) is 43.6 Å². The molecule has 27 heavy (non-hydrogen) atoms. The maximum atomic E-state index is 12.2. The predicted molar refractivity (Wildman–Crippen MR) is 114 cm³/mol. The second-order valence-corrected chi connectivity index (χ2v) is 5.07. The van der Waals surface area contributed by atoms with Gasteiger partial charge in [0.25, 0.3) is 5.91 Å². The molecule has 142 valence electrons. The number of carbonyl (C=O) groups excluding carboxylic acids is 1. The number of rotatable bonds is 4. The lowest BCUT2D eigenvalue weighted by Crippen LogP contribution is -2.11. The highest BCUT2D eigenvalue weighted by atomic mass is 16.1. The monoisotopic (exact) mass is 364 g/mol. The molecule has 5 heteroatoms. The SMILES string of the molecule is CC.CC.Cc1ccc(NC(=O)c2ccccc2)cc1Nc1ccncn1. The third-order valence-corrected chi connectivity index (χ3v) is 3.38. The molecule has 3 rings (SSSR count). The first-order valence-corrected chi connectivity index (χ1v) is 9.22. The number of nitrogens with one attached hydrogen (secondary N) is 2. The van der Waals surface area contributed by atoms with Crippen LogP contribution in [-0.2, 0) is 0 Å². The van der Waals surface area contributed by atoms with Gasteiger partial charge in [0.05, 0.1) is 0 Å². The van der Waals surface area contributed by atoms with Crippen LogP contribution in [0.25, 0.3) is 0 Å². The molecule has 5 nitrogen and oxygen atoms in total. The number of hydrogen-bond donors (Lipinski definition) is 2. The van der Waals surface area contributed by atoms with Gasteiger partial charge in [0.1, 0.15) is 12.1 Å². The summed E-state index contributed by atoms with van der Waals surface area (Å²) in [5.74, 6) is 0.567. The molecule has 1 heterocycles. The van der Waals surface area contributed by atoms with Gasteiger partial charge in [-0.05, 0) is 42.8 Å². The number of amides is 1. The van der Waals surface area contributed by atoms with Crippen LogP contribution in [0.15, 0.2) is 67.1 Å². The summed E-state index contributed by atoms with van der Waals surface area (Å²) < 4.78 is 0. The van der Waals surface area contributed by atoms with E-state index in [1.165, 1.54) is 6.33 Å². The topological polar surface area (TPSA) is 66.9 Å². The van der Waals surface area contributed by atoms with Gasteiger partial charge >= 0.3 is 0 Å². The van der Waals surface area contributed by atoms with Gasteiger partial charge < -0.3 is 10.6 Å². The zero-order valence-electron chi connectivity index (χ0n) is 16.7. The number of aromatic nitrogens is 2. The molecule has 0 fully saturated rings. The third-order valence-electron chi connectivity index (χ3n) is 3.38. The van der Waals surface area contributed by atoms with E-state index in [0.717, 1.165) is 16.9 Å². The first-order chi connectivity index (χ1) is 13.2. The summed E-state index contributed by atoms with van der Waals surface area (Å²) in [5, 5.41) is 6.12. The molecule has 0 unspecified atom stereocenters. The van der Waals surface area contributed by atoms with Crippen LogP contribution >= 0.6 is 0 Å². The summed E-state index contributed by atoms with van der Waals surface area (Å²) in [7, 11) is 0. The first-order valence-electron chi connectivity index (χ1n) is 9.22. The van der Waals surface area contributed by atoms with Crippen molar-refractivity contribution in [1.29, 1.82) is 0 Å². The second kappa shape index (κ2) is 12.2. The van der Waals surface area contributed by atoms with E-state index in [1.54, 1.807) is 24.4 Å². The van der Waals surface area contributed by atoms with Gasteiger partial charge in [-0.2, -0.15) is 0 Å². The Morgan fingerprint density at radius 1 is 0.926 bits per heavy atom. The number of aryl methyl sites for hydroxylation is 1. The summed E-state index contributed by atoms with van der Waals surface area (Å²) in [5.41, 5.74) is 3.29. The molecule has 2 N–H and O–H groups in total. The lowest BCUT2D eigenvalue weighted by atomic mass is 10.1. The average Bonchev–Trinajstić information content (AvgIpc) is 2.75. The molecule has 1 amide bonds. The van der Waals surface area contributed by atoms with Gasteiger partial charge in [-0.1, -0.05) is 52.0 Å². The molecule has 0 saturated heterocycles. The maximum Gasteiger partial charge on any atom is 0.255 e. The largest absolute Gasteiger partial charge is 0.340 e. The fourth-order valence-corrected chi connectivity index (χ4v) is 2.13. The van der Waals surface area contributed by atoms with Crippen molar-refractivity contribution in [2.45, 2.75) is 34.6 Å². The molecule has 0 aliphatic heterocycles. The first kappa shape index (κ1) is 21.8. The Balaban J connectivity index is 0.000000855. The van der Waals surface area contributed by atoms with Crippen molar-refractivity contribution in [2.24, 2.45) is 0 Å². The summed E-state index contributed by atoms with van der Waals surface area (Å²) in [6, 6.07) is 16.6. The number of benzene rings is 2. The zero-order valence-corrected chi connectivity index (χ0v) is 16.7.